The molecule has 8 heteroatoms. The summed E-state index contributed by atoms with van der Waals surface area (Å²) < 4.78 is 0. The molecule has 24 heavy (non-hydrogen) atoms. The Morgan fingerprint density at radius 3 is 2.42 bits per heavy atom. The summed E-state index contributed by atoms with van der Waals surface area (Å²) in [5, 5.41) is 11.2. The van der Waals surface area contributed by atoms with Gasteiger partial charge in [-0.05, 0) is 19.1 Å². The number of para-hydroxylation sites is 1. The minimum absolute atomic E-state index is 0.0837. The number of hydrogen-bond acceptors (Lipinski definition) is 4. The Labute approximate surface area is 140 Å². The van der Waals surface area contributed by atoms with Gasteiger partial charge in [-0.1, -0.05) is 18.2 Å². The lowest BCUT2D eigenvalue weighted by atomic mass is 10.3. The predicted molar refractivity (Wildman–Crippen MR) is 87.9 cm³/mol. The Hall–Kier alpha value is -2.90. The molecule has 0 unspecified atom stereocenters. The summed E-state index contributed by atoms with van der Waals surface area (Å²) >= 11 is 0. The van der Waals surface area contributed by atoms with E-state index in [1.807, 2.05) is 37.3 Å². The molecule has 1 aliphatic heterocycles. The molecule has 0 radical (unpaired) electrons. The van der Waals surface area contributed by atoms with Crippen LogP contribution in [0.1, 0.15) is 17.4 Å². The third-order valence-corrected chi connectivity index (χ3v) is 3.88. The summed E-state index contributed by atoms with van der Waals surface area (Å²) in [5.41, 5.74) is 1.11. The maximum Gasteiger partial charge on any atom is 0.317 e. The van der Waals surface area contributed by atoms with E-state index in [4.69, 9.17) is 0 Å². The number of carbonyl (C=O) groups excluding carboxylic acids is 2. The number of piperazine rings is 1. The summed E-state index contributed by atoms with van der Waals surface area (Å²) in [5.74, 6) is -0.160. The highest BCUT2D eigenvalue weighted by Gasteiger charge is 2.26. The zero-order valence-electron chi connectivity index (χ0n) is 13.6. The molecule has 1 saturated heterocycles. The van der Waals surface area contributed by atoms with Gasteiger partial charge in [-0.15, -0.1) is 5.10 Å². The number of nitrogens with zero attached hydrogens (tertiary/aromatic N) is 5. The first-order chi connectivity index (χ1) is 11.7. The van der Waals surface area contributed by atoms with Gasteiger partial charge < -0.3 is 15.1 Å². The highest BCUT2D eigenvalue weighted by molar-refractivity contribution is 5.92. The van der Waals surface area contributed by atoms with Gasteiger partial charge in [-0.3, -0.25) is 4.79 Å². The van der Waals surface area contributed by atoms with E-state index in [-0.39, 0.29) is 11.9 Å². The monoisotopic (exact) mass is 328 g/mol. The van der Waals surface area contributed by atoms with Gasteiger partial charge in [0, 0.05) is 32.7 Å². The minimum Gasteiger partial charge on any atom is -0.338 e. The quantitative estimate of drug-likeness (QED) is 0.901. The van der Waals surface area contributed by atoms with Crippen LogP contribution in [0.15, 0.2) is 36.5 Å². The Morgan fingerprint density at radius 2 is 1.75 bits per heavy atom. The van der Waals surface area contributed by atoms with Crippen LogP contribution in [0.5, 0.6) is 0 Å². The van der Waals surface area contributed by atoms with Gasteiger partial charge >= 0.3 is 6.03 Å². The van der Waals surface area contributed by atoms with E-state index in [9.17, 15) is 9.59 Å². The fourth-order valence-electron chi connectivity index (χ4n) is 2.58. The number of urea groups is 1. The summed E-state index contributed by atoms with van der Waals surface area (Å²) in [4.78, 5) is 29.2. The van der Waals surface area contributed by atoms with Crippen LogP contribution in [0.25, 0.3) is 5.69 Å². The molecule has 1 aromatic carbocycles. The first kappa shape index (κ1) is 16.0. The Kier molecular flexibility index (Phi) is 4.74. The molecule has 0 bridgehead atoms. The van der Waals surface area contributed by atoms with Crippen LogP contribution in [-0.4, -0.2) is 69.5 Å². The molecular weight excluding hydrogens is 308 g/mol. The third kappa shape index (κ3) is 3.37. The number of benzene rings is 1. The average molecular weight is 328 g/mol. The number of hydrogen-bond donors (Lipinski definition) is 1. The second kappa shape index (κ2) is 7.12. The van der Waals surface area contributed by atoms with Crippen molar-refractivity contribution in [2.75, 3.05) is 32.7 Å². The van der Waals surface area contributed by atoms with E-state index in [1.165, 1.54) is 11.0 Å². The molecule has 2 heterocycles. The standard InChI is InChI=1S/C16H20N6O2/c1-2-17-16(24)21-10-8-20(9-11-21)15(23)14-12-18-22(19-14)13-6-4-3-5-7-13/h3-7,12H,2,8-11H2,1H3,(H,17,24). The molecule has 3 amide bonds. The van der Waals surface area contributed by atoms with Crippen molar-refractivity contribution in [3.63, 3.8) is 0 Å². The summed E-state index contributed by atoms with van der Waals surface area (Å²) in [6.07, 6.45) is 1.48. The van der Waals surface area contributed by atoms with E-state index >= 15 is 0 Å². The van der Waals surface area contributed by atoms with Gasteiger partial charge in [0.25, 0.3) is 5.91 Å². The molecule has 0 spiro atoms. The minimum atomic E-state index is -0.160. The molecule has 2 aromatic rings. The highest BCUT2D eigenvalue weighted by Crippen LogP contribution is 2.09. The SMILES string of the molecule is CCNC(=O)N1CCN(C(=O)c2cnn(-c3ccccc3)n2)CC1. The van der Waals surface area contributed by atoms with Gasteiger partial charge in [0.05, 0.1) is 11.9 Å². The normalized spacial score (nSPS) is 14.5. The fraction of sp³-hybridized carbons (Fsp3) is 0.375. The van der Waals surface area contributed by atoms with Crippen molar-refractivity contribution in [3.8, 4) is 5.69 Å². The summed E-state index contributed by atoms with van der Waals surface area (Å²) in [6.45, 7) is 4.51. The van der Waals surface area contributed by atoms with E-state index in [0.717, 1.165) is 5.69 Å². The largest absolute Gasteiger partial charge is 0.338 e. The van der Waals surface area contributed by atoms with Crippen molar-refractivity contribution in [1.29, 1.82) is 0 Å². The van der Waals surface area contributed by atoms with Crippen LogP contribution in [-0.2, 0) is 0 Å². The van der Waals surface area contributed by atoms with Crippen molar-refractivity contribution in [2.45, 2.75) is 6.92 Å². The van der Waals surface area contributed by atoms with Crippen LogP contribution in [0.2, 0.25) is 0 Å². The van der Waals surface area contributed by atoms with E-state index in [1.54, 1.807) is 9.80 Å². The molecule has 1 N–H and O–H groups in total. The van der Waals surface area contributed by atoms with E-state index in [2.05, 4.69) is 15.5 Å². The zero-order valence-corrected chi connectivity index (χ0v) is 13.6. The van der Waals surface area contributed by atoms with Gasteiger partial charge in [-0.2, -0.15) is 9.90 Å². The molecule has 1 fully saturated rings. The first-order valence-electron chi connectivity index (χ1n) is 7.99. The van der Waals surface area contributed by atoms with Crippen LogP contribution >= 0.6 is 0 Å². The molecule has 0 atom stereocenters. The van der Waals surface area contributed by atoms with Gasteiger partial charge in [-0.25, -0.2) is 4.79 Å². The van der Waals surface area contributed by atoms with Gasteiger partial charge in [0.15, 0.2) is 5.69 Å². The number of rotatable bonds is 3. The van der Waals surface area contributed by atoms with Crippen molar-refractivity contribution in [1.82, 2.24) is 30.1 Å². The third-order valence-electron chi connectivity index (χ3n) is 3.88. The van der Waals surface area contributed by atoms with Crippen molar-refractivity contribution >= 4 is 11.9 Å². The molecule has 1 aromatic heterocycles. The molecule has 8 nitrogen and oxygen atoms in total. The topological polar surface area (TPSA) is 83.4 Å². The zero-order chi connectivity index (χ0) is 16.9. The van der Waals surface area contributed by atoms with Crippen LogP contribution in [0, 0.1) is 0 Å². The number of nitrogens with one attached hydrogen (secondary N) is 1. The van der Waals surface area contributed by atoms with Gasteiger partial charge in [0.2, 0.25) is 0 Å². The van der Waals surface area contributed by atoms with Crippen molar-refractivity contribution in [3.05, 3.63) is 42.2 Å². The van der Waals surface area contributed by atoms with Crippen LogP contribution in [0.3, 0.4) is 0 Å². The lowest BCUT2D eigenvalue weighted by molar-refractivity contribution is 0.0659. The summed E-state index contributed by atoms with van der Waals surface area (Å²) in [6, 6.07) is 9.35. The number of amides is 3. The second-order valence-corrected chi connectivity index (χ2v) is 5.47. The Balaban J connectivity index is 1.62. The lowest BCUT2D eigenvalue weighted by Gasteiger charge is -2.34. The van der Waals surface area contributed by atoms with Crippen molar-refractivity contribution < 1.29 is 9.59 Å². The average Bonchev–Trinajstić information content (AvgIpc) is 3.12. The lowest BCUT2D eigenvalue weighted by Crippen LogP contribution is -2.53. The highest BCUT2D eigenvalue weighted by atomic mass is 16.2. The molecule has 1 aliphatic rings. The fourth-order valence-corrected chi connectivity index (χ4v) is 2.58. The number of aromatic nitrogens is 3. The van der Waals surface area contributed by atoms with Crippen LogP contribution < -0.4 is 5.32 Å². The van der Waals surface area contributed by atoms with E-state index < -0.39 is 0 Å². The van der Waals surface area contributed by atoms with Gasteiger partial charge in [0.1, 0.15) is 0 Å². The molecule has 0 saturated carbocycles. The number of carbonyl (C=O) groups is 2. The predicted octanol–water partition coefficient (Wildman–Crippen LogP) is 0.755. The summed E-state index contributed by atoms with van der Waals surface area (Å²) in [7, 11) is 0. The maximum atomic E-state index is 12.5. The van der Waals surface area contributed by atoms with E-state index in [0.29, 0.717) is 38.4 Å². The second-order valence-electron chi connectivity index (χ2n) is 5.47. The molecule has 0 aliphatic carbocycles. The Bertz CT molecular complexity index is 706. The first-order valence-corrected chi connectivity index (χ1v) is 7.99. The Morgan fingerprint density at radius 1 is 1.08 bits per heavy atom. The molecular formula is C16H20N6O2. The smallest absolute Gasteiger partial charge is 0.317 e. The van der Waals surface area contributed by atoms with Crippen LogP contribution in [0.4, 0.5) is 4.79 Å². The maximum absolute atomic E-state index is 12.5. The molecule has 3 rings (SSSR count). The molecule has 126 valence electrons. The van der Waals surface area contributed by atoms with Crippen molar-refractivity contribution in [2.24, 2.45) is 0 Å².